The third kappa shape index (κ3) is 7.40. The maximum atomic E-state index is 14.1. The van der Waals surface area contributed by atoms with Crippen LogP contribution in [0.15, 0.2) is 48.7 Å². The summed E-state index contributed by atoms with van der Waals surface area (Å²) >= 11 is 0. The van der Waals surface area contributed by atoms with Crippen molar-refractivity contribution in [3.8, 4) is 11.1 Å². The first-order valence-corrected chi connectivity index (χ1v) is 16.4. The van der Waals surface area contributed by atoms with Crippen LogP contribution in [0.3, 0.4) is 0 Å². The van der Waals surface area contributed by atoms with Crippen molar-refractivity contribution < 1.29 is 43.9 Å². The molecule has 1 aliphatic heterocycles. The number of alkyl halides is 6. The summed E-state index contributed by atoms with van der Waals surface area (Å²) in [5, 5.41) is 0. The highest BCUT2D eigenvalue weighted by Crippen LogP contribution is 2.41. The van der Waals surface area contributed by atoms with Crippen LogP contribution in [0, 0.1) is 12.7 Å². The monoisotopic (exact) mass is 688 g/mol. The molecule has 0 spiro atoms. The summed E-state index contributed by atoms with van der Waals surface area (Å²) in [6, 6.07) is 5.88. The van der Waals surface area contributed by atoms with E-state index >= 15 is 0 Å². The molecule has 3 aromatic rings. The highest BCUT2D eigenvalue weighted by Gasteiger charge is 2.42. The lowest BCUT2D eigenvalue weighted by Gasteiger charge is -2.43. The van der Waals surface area contributed by atoms with E-state index < -0.39 is 68.3 Å². The molecule has 2 heterocycles. The largest absolute Gasteiger partial charge is 0.416 e. The quantitative estimate of drug-likeness (QED) is 0.260. The van der Waals surface area contributed by atoms with E-state index in [0.717, 1.165) is 11.2 Å². The Morgan fingerprint density at radius 3 is 1.85 bits per heavy atom. The fourth-order valence-corrected chi connectivity index (χ4v) is 7.58. The Labute approximate surface area is 269 Å². The molecule has 1 fully saturated rings. The Bertz CT molecular complexity index is 1750. The van der Waals surface area contributed by atoms with Gasteiger partial charge in [0.15, 0.2) is 0 Å². The molecule has 0 aliphatic carbocycles. The first-order chi connectivity index (χ1) is 21.4. The number of nitrogens with zero attached hydrogens (tertiary/aromatic N) is 4. The number of carbonyl (C=O) groups is 1. The number of hydrogen-bond donors (Lipinski definition) is 0. The summed E-state index contributed by atoms with van der Waals surface area (Å²) in [7, 11) is -2.17. The number of halogens is 7. The summed E-state index contributed by atoms with van der Waals surface area (Å²) < 4.78 is 122. The van der Waals surface area contributed by atoms with Gasteiger partial charge in [0.05, 0.1) is 34.7 Å². The maximum Gasteiger partial charge on any atom is 0.416 e. The smallest absolute Gasteiger partial charge is 0.353 e. The number of rotatable bonds is 6. The second-order valence-electron chi connectivity index (χ2n) is 12.5. The van der Waals surface area contributed by atoms with Crippen molar-refractivity contribution in [2.75, 3.05) is 36.2 Å². The van der Waals surface area contributed by atoms with Crippen LogP contribution in [0.25, 0.3) is 11.1 Å². The van der Waals surface area contributed by atoms with E-state index in [2.05, 4.69) is 4.98 Å². The molecule has 15 heteroatoms. The van der Waals surface area contributed by atoms with Crippen LogP contribution in [-0.4, -0.2) is 62.1 Å². The number of pyridine rings is 1. The normalized spacial score (nSPS) is 18.4. The van der Waals surface area contributed by atoms with Gasteiger partial charge >= 0.3 is 12.4 Å². The molecule has 0 radical (unpaired) electrons. The highest BCUT2D eigenvalue weighted by molar-refractivity contribution is 7.88. The average Bonchev–Trinajstić information content (AvgIpc) is 2.93. The van der Waals surface area contributed by atoms with Crippen LogP contribution in [0.1, 0.15) is 49.9 Å². The molecule has 4 rings (SSSR count). The van der Waals surface area contributed by atoms with Gasteiger partial charge in [-0.3, -0.25) is 4.79 Å². The van der Waals surface area contributed by atoms with E-state index in [1.54, 1.807) is 26.8 Å². The fourth-order valence-electron chi connectivity index (χ4n) is 6.14. The number of piperazine rings is 1. The number of aromatic nitrogens is 1. The molecule has 2 aromatic carbocycles. The van der Waals surface area contributed by atoms with E-state index in [1.165, 1.54) is 49.6 Å². The van der Waals surface area contributed by atoms with Crippen LogP contribution in [0.2, 0.25) is 0 Å². The number of aryl methyl sites for hydroxylation is 1. The van der Waals surface area contributed by atoms with Gasteiger partial charge in [-0.1, -0.05) is 6.07 Å². The molecule has 2 atom stereocenters. The number of benzene rings is 2. The van der Waals surface area contributed by atoms with Crippen molar-refractivity contribution in [1.82, 2.24) is 9.29 Å². The first-order valence-electron chi connectivity index (χ1n) is 14.5. The molecule has 1 aromatic heterocycles. The lowest BCUT2D eigenvalue weighted by Crippen LogP contribution is -2.58. The van der Waals surface area contributed by atoms with Gasteiger partial charge in [0.25, 0.3) is 0 Å². The predicted molar refractivity (Wildman–Crippen MR) is 165 cm³/mol. The summed E-state index contributed by atoms with van der Waals surface area (Å²) in [5.74, 6) is -0.922. The van der Waals surface area contributed by atoms with E-state index in [4.69, 9.17) is 0 Å². The topological polar surface area (TPSA) is 73.8 Å². The minimum atomic E-state index is -5.10. The van der Waals surface area contributed by atoms with Gasteiger partial charge in [0.1, 0.15) is 11.6 Å². The summed E-state index contributed by atoms with van der Waals surface area (Å²) in [5.41, 5.74) is -3.91. The Kier molecular flexibility index (Phi) is 9.52. The number of likely N-dealkylation sites (N-methyl/N-ethyl adjacent to an activating group) is 1. The zero-order valence-corrected chi connectivity index (χ0v) is 27.6. The van der Waals surface area contributed by atoms with Crippen molar-refractivity contribution in [3.63, 3.8) is 0 Å². The Morgan fingerprint density at radius 2 is 1.38 bits per heavy atom. The van der Waals surface area contributed by atoms with Gasteiger partial charge < -0.3 is 9.80 Å². The van der Waals surface area contributed by atoms with Crippen LogP contribution < -0.4 is 9.80 Å². The van der Waals surface area contributed by atoms with Crippen molar-refractivity contribution in [2.45, 2.75) is 64.5 Å². The Morgan fingerprint density at radius 1 is 0.872 bits per heavy atom. The second kappa shape index (κ2) is 12.4. The predicted octanol–water partition coefficient (Wildman–Crippen LogP) is 7.03. The number of hydrogen-bond acceptors (Lipinski definition) is 5. The molecule has 47 heavy (non-hydrogen) atoms. The Hall–Kier alpha value is -3.72. The van der Waals surface area contributed by atoms with E-state index in [1.807, 2.05) is 4.90 Å². The van der Waals surface area contributed by atoms with Gasteiger partial charge in [-0.15, -0.1) is 0 Å². The highest BCUT2D eigenvalue weighted by atomic mass is 32.2. The summed E-state index contributed by atoms with van der Waals surface area (Å²) in [6.07, 6.45) is -7.71. The molecule has 0 saturated carbocycles. The number of carbonyl (C=O) groups excluding carboxylic acids is 1. The number of anilines is 2. The van der Waals surface area contributed by atoms with E-state index in [-0.39, 0.29) is 24.8 Å². The van der Waals surface area contributed by atoms with Crippen LogP contribution in [-0.2, 0) is 32.6 Å². The summed E-state index contributed by atoms with van der Waals surface area (Å²) in [6.45, 7) is 8.19. The van der Waals surface area contributed by atoms with Gasteiger partial charge in [-0.05, 0) is 87.7 Å². The van der Waals surface area contributed by atoms with Crippen LogP contribution in [0.4, 0.5) is 42.2 Å². The number of sulfonamides is 1. The number of amides is 1. The van der Waals surface area contributed by atoms with Gasteiger partial charge in [0.2, 0.25) is 15.9 Å². The molecule has 256 valence electrons. The second-order valence-corrected chi connectivity index (χ2v) is 14.4. The summed E-state index contributed by atoms with van der Waals surface area (Å²) in [4.78, 5) is 21.5. The van der Waals surface area contributed by atoms with Crippen molar-refractivity contribution >= 4 is 27.4 Å². The zero-order chi connectivity index (χ0) is 35.4. The molecule has 1 aliphatic rings. The van der Waals surface area contributed by atoms with Crippen LogP contribution in [0.5, 0.6) is 0 Å². The molecule has 1 amide bonds. The molecular formula is C32H35F7N4O3S. The first kappa shape index (κ1) is 36.1. The Balaban J connectivity index is 1.82. The van der Waals surface area contributed by atoms with E-state index in [0.29, 0.717) is 34.6 Å². The fraction of sp³-hybridized carbons (Fsp3) is 0.438. The third-order valence-electron chi connectivity index (χ3n) is 8.40. The standard InChI is InChI=1S/C32H35F7N4O3S/c1-18-10-24(33)8-9-25(18)26-14-28(42-16-19(2)43(20(3)17-42)47(7,45)46)40-15-27(26)41(6)29(44)30(4,5)21-11-22(31(34,35)36)13-23(12-21)32(37,38)39/h8-15,19-20H,16-17H2,1-7H3. The van der Waals surface area contributed by atoms with E-state index in [9.17, 15) is 43.9 Å². The SMILES string of the molecule is Cc1cc(F)ccc1-c1cc(N2CC(C)N(S(C)(=O)=O)C(C)C2)ncc1N(C)C(=O)C(C)(C)c1cc(C(F)(F)F)cc(C(F)(F)F)c1. The lowest BCUT2D eigenvalue weighted by molar-refractivity contribution is -0.143. The molecular weight excluding hydrogens is 653 g/mol. The van der Waals surface area contributed by atoms with Crippen LogP contribution >= 0.6 is 0 Å². The maximum absolute atomic E-state index is 14.1. The van der Waals surface area contributed by atoms with Gasteiger partial charge in [-0.25, -0.2) is 17.8 Å². The molecule has 1 saturated heterocycles. The van der Waals surface area contributed by atoms with Crippen molar-refractivity contribution in [1.29, 1.82) is 0 Å². The third-order valence-corrected chi connectivity index (χ3v) is 9.89. The average molecular weight is 689 g/mol. The molecule has 0 bridgehead atoms. The lowest BCUT2D eigenvalue weighted by atomic mass is 9.81. The minimum absolute atomic E-state index is 0.00326. The zero-order valence-electron chi connectivity index (χ0n) is 26.8. The van der Waals surface area contributed by atoms with Crippen molar-refractivity contribution in [3.05, 3.63) is 76.7 Å². The van der Waals surface area contributed by atoms with Gasteiger partial charge in [0, 0.05) is 37.8 Å². The van der Waals surface area contributed by atoms with Crippen molar-refractivity contribution in [2.24, 2.45) is 0 Å². The molecule has 7 nitrogen and oxygen atoms in total. The molecule has 0 N–H and O–H groups in total. The molecule has 2 unspecified atom stereocenters. The van der Waals surface area contributed by atoms with Gasteiger partial charge in [-0.2, -0.15) is 30.6 Å². The minimum Gasteiger partial charge on any atom is -0.353 e.